The van der Waals surface area contributed by atoms with Gasteiger partial charge in [-0.15, -0.1) is 0 Å². The first kappa shape index (κ1) is 20.7. The van der Waals surface area contributed by atoms with Crippen molar-refractivity contribution >= 4 is 17.8 Å². The molecule has 0 unspecified atom stereocenters. The molecule has 0 aromatic heterocycles. The largest absolute Gasteiger partial charge is 0.480 e. The third-order valence-electron chi connectivity index (χ3n) is 5.60. The molecule has 0 spiro atoms. The maximum absolute atomic E-state index is 13.1. The molecule has 5 atom stereocenters. The summed E-state index contributed by atoms with van der Waals surface area (Å²) in [5.74, 6) is -1.24. The van der Waals surface area contributed by atoms with E-state index in [-0.39, 0.29) is 23.8 Å². The normalized spacial score (nSPS) is 27.5. The molecule has 26 heavy (non-hydrogen) atoms. The average molecular weight is 368 g/mol. The van der Waals surface area contributed by atoms with E-state index >= 15 is 0 Å². The standard InChI is InChI=1S/C19H32N2O5/c1-4-8-14(19(25)26-5-2)20-12(3)17(22)21-15-10-7-6-9-13(15)11-16(21)18(23)24/h12-16,20H,4-11H2,1-3H3,(H,23,24)/t12-,13+,14+,15+,16+/m1/s1. The average Bonchev–Trinajstić information content (AvgIpc) is 3.00. The highest BCUT2D eigenvalue weighted by molar-refractivity contribution is 5.88. The fraction of sp³-hybridized carbons (Fsp3) is 0.842. The molecular formula is C19H32N2O5. The van der Waals surface area contributed by atoms with Crippen LogP contribution in [0.1, 0.15) is 65.7 Å². The van der Waals surface area contributed by atoms with E-state index in [9.17, 15) is 19.5 Å². The summed E-state index contributed by atoms with van der Waals surface area (Å²) in [5.41, 5.74) is 0. The zero-order valence-electron chi connectivity index (χ0n) is 16.1. The van der Waals surface area contributed by atoms with Gasteiger partial charge in [-0.25, -0.2) is 4.79 Å². The Labute approximate surface area is 155 Å². The van der Waals surface area contributed by atoms with Gasteiger partial charge in [-0.2, -0.15) is 0 Å². The summed E-state index contributed by atoms with van der Waals surface area (Å²) in [4.78, 5) is 38.5. The summed E-state index contributed by atoms with van der Waals surface area (Å²) in [5, 5.41) is 12.7. The van der Waals surface area contributed by atoms with E-state index in [1.54, 1.807) is 18.7 Å². The van der Waals surface area contributed by atoms with Gasteiger partial charge in [0, 0.05) is 6.04 Å². The number of carboxylic acids is 1. The first-order chi connectivity index (χ1) is 12.4. The van der Waals surface area contributed by atoms with Crippen molar-refractivity contribution in [2.75, 3.05) is 6.61 Å². The number of fused-ring (bicyclic) bond motifs is 1. The second kappa shape index (κ2) is 9.35. The maximum Gasteiger partial charge on any atom is 0.326 e. The summed E-state index contributed by atoms with van der Waals surface area (Å²) in [6.07, 6.45) is 5.87. The first-order valence-electron chi connectivity index (χ1n) is 9.88. The fourth-order valence-electron chi connectivity index (χ4n) is 4.39. The zero-order valence-corrected chi connectivity index (χ0v) is 16.1. The van der Waals surface area contributed by atoms with Gasteiger partial charge < -0.3 is 14.7 Å². The van der Waals surface area contributed by atoms with E-state index in [0.29, 0.717) is 19.4 Å². The highest BCUT2D eigenvalue weighted by Gasteiger charge is 2.48. The van der Waals surface area contributed by atoms with E-state index in [1.165, 1.54) is 0 Å². The molecule has 2 aliphatic rings. The molecule has 148 valence electrons. The lowest BCUT2D eigenvalue weighted by molar-refractivity contribution is -0.152. The van der Waals surface area contributed by atoms with Crippen molar-refractivity contribution in [1.29, 1.82) is 0 Å². The van der Waals surface area contributed by atoms with Crippen molar-refractivity contribution in [3.05, 3.63) is 0 Å². The minimum atomic E-state index is -0.935. The molecule has 1 aliphatic heterocycles. The van der Waals surface area contributed by atoms with Crippen molar-refractivity contribution in [2.24, 2.45) is 5.92 Å². The van der Waals surface area contributed by atoms with Gasteiger partial charge in [0.25, 0.3) is 0 Å². The van der Waals surface area contributed by atoms with Crippen molar-refractivity contribution < 1.29 is 24.2 Å². The molecule has 0 radical (unpaired) electrons. The minimum absolute atomic E-state index is 0.00817. The Bertz CT molecular complexity index is 524. The Morgan fingerprint density at radius 2 is 1.92 bits per heavy atom. The predicted molar refractivity (Wildman–Crippen MR) is 96.6 cm³/mol. The van der Waals surface area contributed by atoms with E-state index < -0.39 is 24.1 Å². The molecule has 2 rings (SSSR count). The van der Waals surface area contributed by atoms with Crippen LogP contribution in [0, 0.1) is 5.92 Å². The van der Waals surface area contributed by atoms with Crippen LogP contribution in [-0.4, -0.2) is 58.6 Å². The van der Waals surface area contributed by atoms with Crippen molar-refractivity contribution in [1.82, 2.24) is 10.2 Å². The van der Waals surface area contributed by atoms with Crippen LogP contribution < -0.4 is 5.32 Å². The highest BCUT2D eigenvalue weighted by atomic mass is 16.5. The molecular weight excluding hydrogens is 336 g/mol. The molecule has 1 aliphatic carbocycles. The van der Waals surface area contributed by atoms with E-state index in [2.05, 4.69) is 5.32 Å². The number of carbonyl (C=O) groups is 3. The SMILES string of the molecule is CCC[C@H](N[C@H](C)C(=O)N1[C@H](C(=O)O)C[C@@H]2CCCC[C@@H]21)C(=O)OCC. The molecule has 1 saturated carbocycles. The molecule has 2 fully saturated rings. The molecule has 2 N–H and O–H groups in total. The smallest absolute Gasteiger partial charge is 0.326 e. The Balaban J connectivity index is 2.10. The molecule has 0 bridgehead atoms. The summed E-state index contributed by atoms with van der Waals surface area (Å²) in [7, 11) is 0. The lowest BCUT2D eigenvalue weighted by atomic mass is 9.84. The third kappa shape index (κ3) is 4.55. The summed E-state index contributed by atoms with van der Waals surface area (Å²) < 4.78 is 5.09. The van der Waals surface area contributed by atoms with Gasteiger partial charge in [-0.05, 0) is 45.4 Å². The van der Waals surface area contributed by atoms with Crippen LogP contribution in [0.5, 0.6) is 0 Å². The number of carbonyl (C=O) groups excluding carboxylic acids is 2. The number of amides is 1. The Hall–Kier alpha value is -1.63. The Kier molecular flexibility index (Phi) is 7.43. The second-order valence-corrected chi connectivity index (χ2v) is 7.43. The summed E-state index contributed by atoms with van der Waals surface area (Å²) >= 11 is 0. The number of aliphatic carboxylic acids is 1. The molecule has 7 nitrogen and oxygen atoms in total. The van der Waals surface area contributed by atoms with Gasteiger partial charge in [-0.1, -0.05) is 26.2 Å². The van der Waals surface area contributed by atoms with E-state index in [1.807, 2.05) is 6.92 Å². The van der Waals surface area contributed by atoms with Crippen LogP contribution in [-0.2, 0) is 19.1 Å². The van der Waals surface area contributed by atoms with Gasteiger partial charge in [0.15, 0.2) is 0 Å². The van der Waals surface area contributed by atoms with Gasteiger partial charge >= 0.3 is 11.9 Å². The van der Waals surface area contributed by atoms with E-state index in [0.717, 1.165) is 32.1 Å². The van der Waals surface area contributed by atoms with E-state index in [4.69, 9.17) is 4.74 Å². The van der Waals surface area contributed by atoms with Crippen LogP contribution >= 0.6 is 0 Å². The summed E-state index contributed by atoms with van der Waals surface area (Å²) in [6.45, 7) is 5.72. The van der Waals surface area contributed by atoms with Gasteiger partial charge in [-0.3, -0.25) is 14.9 Å². The molecule has 0 aromatic carbocycles. The number of nitrogens with one attached hydrogen (secondary N) is 1. The third-order valence-corrected chi connectivity index (χ3v) is 5.60. The zero-order chi connectivity index (χ0) is 19.3. The topological polar surface area (TPSA) is 95.9 Å². The van der Waals surface area contributed by atoms with Gasteiger partial charge in [0.05, 0.1) is 12.6 Å². The number of ether oxygens (including phenoxy) is 1. The van der Waals surface area contributed by atoms with Gasteiger partial charge in [0.1, 0.15) is 12.1 Å². The van der Waals surface area contributed by atoms with Crippen LogP contribution in [0.2, 0.25) is 0 Å². The first-order valence-corrected chi connectivity index (χ1v) is 9.88. The van der Waals surface area contributed by atoms with Crippen molar-refractivity contribution in [3.63, 3.8) is 0 Å². The lowest BCUT2D eigenvalue weighted by Gasteiger charge is -2.35. The highest BCUT2D eigenvalue weighted by Crippen LogP contribution is 2.40. The lowest BCUT2D eigenvalue weighted by Crippen LogP contribution is -2.55. The number of carboxylic acid groups (broad SMARTS) is 1. The Morgan fingerprint density at radius 3 is 2.54 bits per heavy atom. The van der Waals surface area contributed by atoms with Gasteiger partial charge in [0.2, 0.25) is 5.91 Å². The quantitative estimate of drug-likeness (QED) is 0.636. The van der Waals surface area contributed by atoms with Crippen molar-refractivity contribution in [2.45, 2.75) is 89.9 Å². The van der Waals surface area contributed by atoms with Crippen molar-refractivity contribution in [3.8, 4) is 0 Å². The monoisotopic (exact) mass is 368 g/mol. The fourth-order valence-corrected chi connectivity index (χ4v) is 4.39. The number of nitrogens with zero attached hydrogens (tertiary/aromatic N) is 1. The molecule has 1 saturated heterocycles. The molecule has 0 aromatic rings. The second-order valence-electron chi connectivity index (χ2n) is 7.43. The van der Waals surface area contributed by atoms with Crippen LogP contribution in [0.15, 0.2) is 0 Å². The van der Waals surface area contributed by atoms with Crippen LogP contribution in [0.25, 0.3) is 0 Å². The molecule has 1 amide bonds. The minimum Gasteiger partial charge on any atom is -0.480 e. The maximum atomic E-state index is 13.1. The van der Waals surface area contributed by atoms with Crippen LogP contribution in [0.4, 0.5) is 0 Å². The van der Waals surface area contributed by atoms with Crippen LogP contribution in [0.3, 0.4) is 0 Å². The number of hydrogen-bond donors (Lipinski definition) is 2. The number of esters is 1. The predicted octanol–water partition coefficient (Wildman–Crippen LogP) is 1.94. The number of rotatable bonds is 8. The number of likely N-dealkylation sites (tertiary alicyclic amines) is 1. The molecule has 7 heteroatoms. The number of hydrogen-bond acceptors (Lipinski definition) is 5. The summed E-state index contributed by atoms with van der Waals surface area (Å²) in [6, 6.07) is -1.92. The molecule has 1 heterocycles. The Morgan fingerprint density at radius 1 is 1.23 bits per heavy atom.